The quantitative estimate of drug-likeness (QED) is 0.682. The Labute approximate surface area is 116 Å². The number of hydrogen-bond acceptors (Lipinski definition) is 3. The molecule has 0 N–H and O–H groups in total. The number of benzene rings is 2. The van der Waals surface area contributed by atoms with Gasteiger partial charge in [0.05, 0.1) is 18.1 Å². The molecule has 0 bridgehead atoms. The first-order valence-electron chi connectivity index (χ1n) is 6.42. The van der Waals surface area contributed by atoms with Gasteiger partial charge in [-0.05, 0) is 17.7 Å². The highest BCUT2D eigenvalue weighted by Gasteiger charge is 2.15. The lowest BCUT2D eigenvalue weighted by Gasteiger charge is -2.10. The van der Waals surface area contributed by atoms with E-state index in [1.165, 1.54) is 0 Å². The molecule has 0 fully saturated rings. The van der Waals surface area contributed by atoms with Crippen molar-refractivity contribution in [1.29, 1.82) is 0 Å². The van der Waals surface area contributed by atoms with Gasteiger partial charge in [0.2, 0.25) is 0 Å². The summed E-state index contributed by atoms with van der Waals surface area (Å²) in [4.78, 5) is 12.2. The van der Waals surface area contributed by atoms with Crippen LogP contribution in [-0.2, 0) is 6.42 Å². The van der Waals surface area contributed by atoms with Crippen molar-refractivity contribution in [2.24, 2.45) is 0 Å². The van der Waals surface area contributed by atoms with E-state index >= 15 is 0 Å². The Kier molecular flexibility index (Phi) is 3.25. The molecule has 0 saturated heterocycles. The molecule has 0 aliphatic rings. The van der Waals surface area contributed by atoms with Crippen LogP contribution in [0.3, 0.4) is 0 Å². The van der Waals surface area contributed by atoms with Crippen LogP contribution in [0.2, 0.25) is 0 Å². The molecule has 3 nitrogen and oxygen atoms in total. The van der Waals surface area contributed by atoms with E-state index in [2.05, 4.69) is 0 Å². The first-order valence-corrected chi connectivity index (χ1v) is 6.42. The highest BCUT2D eigenvalue weighted by Crippen LogP contribution is 2.28. The van der Waals surface area contributed by atoms with Crippen molar-refractivity contribution in [3.8, 4) is 5.75 Å². The standard InChI is InChI=1S/C17H14O3/c1-19-16-13-9-5-6-10-15(13)20-17(18)14(16)11-12-7-3-2-4-8-12/h2-10H,11H2,1H3. The van der Waals surface area contributed by atoms with Crippen LogP contribution in [0.25, 0.3) is 11.0 Å². The Morgan fingerprint density at radius 2 is 1.70 bits per heavy atom. The first kappa shape index (κ1) is 12.5. The molecule has 3 aromatic rings. The van der Waals surface area contributed by atoms with Crippen molar-refractivity contribution < 1.29 is 9.15 Å². The van der Waals surface area contributed by atoms with E-state index < -0.39 is 0 Å². The van der Waals surface area contributed by atoms with Crippen LogP contribution >= 0.6 is 0 Å². The Bertz CT molecular complexity index is 788. The Morgan fingerprint density at radius 3 is 2.45 bits per heavy atom. The van der Waals surface area contributed by atoms with Crippen LogP contribution in [0.4, 0.5) is 0 Å². The van der Waals surface area contributed by atoms with Gasteiger partial charge in [-0.1, -0.05) is 42.5 Å². The molecular weight excluding hydrogens is 252 g/mol. The minimum absolute atomic E-state index is 0.343. The molecular formula is C17H14O3. The highest BCUT2D eigenvalue weighted by atomic mass is 16.5. The number of para-hydroxylation sites is 1. The maximum absolute atomic E-state index is 12.2. The lowest BCUT2D eigenvalue weighted by molar-refractivity contribution is 0.407. The second kappa shape index (κ2) is 5.21. The zero-order valence-corrected chi connectivity index (χ0v) is 11.1. The third-order valence-electron chi connectivity index (χ3n) is 3.28. The van der Waals surface area contributed by atoms with Gasteiger partial charge in [-0.3, -0.25) is 0 Å². The van der Waals surface area contributed by atoms with E-state index in [-0.39, 0.29) is 5.63 Å². The van der Waals surface area contributed by atoms with E-state index in [0.717, 1.165) is 10.9 Å². The molecule has 0 aliphatic heterocycles. The second-order valence-corrected chi connectivity index (χ2v) is 4.56. The largest absolute Gasteiger partial charge is 0.495 e. The number of fused-ring (bicyclic) bond motifs is 1. The van der Waals surface area contributed by atoms with Crippen molar-refractivity contribution >= 4 is 11.0 Å². The second-order valence-electron chi connectivity index (χ2n) is 4.56. The zero-order valence-electron chi connectivity index (χ0n) is 11.1. The van der Waals surface area contributed by atoms with E-state index in [1.807, 2.05) is 48.5 Å². The van der Waals surface area contributed by atoms with Crippen LogP contribution in [0.1, 0.15) is 11.1 Å². The van der Waals surface area contributed by atoms with Gasteiger partial charge in [-0.25, -0.2) is 4.79 Å². The fourth-order valence-electron chi connectivity index (χ4n) is 2.35. The van der Waals surface area contributed by atoms with E-state index in [9.17, 15) is 4.79 Å². The summed E-state index contributed by atoms with van der Waals surface area (Å²) in [6.45, 7) is 0. The lowest BCUT2D eigenvalue weighted by Crippen LogP contribution is -2.10. The van der Waals surface area contributed by atoms with Gasteiger partial charge in [-0.2, -0.15) is 0 Å². The van der Waals surface area contributed by atoms with Crippen molar-refractivity contribution in [1.82, 2.24) is 0 Å². The first-order chi connectivity index (χ1) is 9.79. The predicted octanol–water partition coefficient (Wildman–Crippen LogP) is 3.39. The van der Waals surface area contributed by atoms with Crippen LogP contribution in [-0.4, -0.2) is 7.11 Å². The molecule has 3 rings (SSSR count). The fraction of sp³-hybridized carbons (Fsp3) is 0.118. The molecule has 0 radical (unpaired) electrons. The summed E-state index contributed by atoms with van der Waals surface area (Å²) in [5.74, 6) is 0.598. The molecule has 0 aliphatic carbocycles. The van der Waals surface area contributed by atoms with E-state index in [4.69, 9.17) is 9.15 Å². The van der Waals surface area contributed by atoms with Gasteiger partial charge in [0.1, 0.15) is 11.3 Å². The molecule has 100 valence electrons. The van der Waals surface area contributed by atoms with Crippen LogP contribution in [0, 0.1) is 0 Å². The molecule has 20 heavy (non-hydrogen) atoms. The third-order valence-corrected chi connectivity index (χ3v) is 3.28. The smallest absolute Gasteiger partial charge is 0.343 e. The van der Waals surface area contributed by atoms with Crippen molar-refractivity contribution in [2.45, 2.75) is 6.42 Å². The summed E-state index contributed by atoms with van der Waals surface area (Å²) in [6, 6.07) is 17.2. The van der Waals surface area contributed by atoms with Crippen molar-refractivity contribution in [2.75, 3.05) is 7.11 Å². The summed E-state index contributed by atoms with van der Waals surface area (Å²) < 4.78 is 10.8. The molecule has 0 amide bonds. The van der Waals surface area contributed by atoms with E-state index in [1.54, 1.807) is 13.2 Å². The molecule has 1 aromatic heterocycles. The van der Waals surface area contributed by atoms with Gasteiger partial charge < -0.3 is 9.15 Å². The third kappa shape index (κ3) is 2.18. The molecule has 0 atom stereocenters. The Balaban J connectivity index is 2.19. The number of rotatable bonds is 3. The van der Waals surface area contributed by atoms with Gasteiger partial charge in [0.15, 0.2) is 0 Å². The normalized spacial score (nSPS) is 10.7. The van der Waals surface area contributed by atoms with Gasteiger partial charge >= 0.3 is 5.63 Å². The minimum atomic E-state index is -0.343. The summed E-state index contributed by atoms with van der Waals surface area (Å²) in [7, 11) is 1.58. The van der Waals surface area contributed by atoms with E-state index in [0.29, 0.717) is 23.3 Å². The zero-order chi connectivity index (χ0) is 13.9. The molecule has 2 aromatic carbocycles. The summed E-state index contributed by atoms with van der Waals surface area (Å²) in [5.41, 5.74) is 1.81. The summed E-state index contributed by atoms with van der Waals surface area (Å²) >= 11 is 0. The minimum Gasteiger partial charge on any atom is -0.495 e. The van der Waals surface area contributed by atoms with Crippen LogP contribution < -0.4 is 10.4 Å². The maximum Gasteiger partial charge on any atom is 0.343 e. The molecule has 1 heterocycles. The van der Waals surface area contributed by atoms with Crippen LogP contribution in [0.15, 0.2) is 63.8 Å². The average molecular weight is 266 g/mol. The number of ether oxygens (including phenoxy) is 1. The Morgan fingerprint density at radius 1 is 1.00 bits per heavy atom. The topological polar surface area (TPSA) is 39.4 Å². The van der Waals surface area contributed by atoms with Gasteiger partial charge in [0, 0.05) is 6.42 Å². The molecule has 0 unspecified atom stereocenters. The van der Waals surface area contributed by atoms with Crippen LogP contribution in [0.5, 0.6) is 5.75 Å². The summed E-state index contributed by atoms with van der Waals surface area (Å²) in [6.07, 6.45) is 0.497. The number of methoxy groups -OCH3 is 1. The maximum atomic E-state index is 12.2. The SMILES string of the molecule is COc1c(Cc2ccccc2)c(=O)oc2ccccc12. The summed E-state index contributed by atoms with van der Waals surface area (Å²) in [5, 5.41) is 0.820. The Hall–Kier alpha value is -2.55. The molecule has 3 heteroatoms. The van der Waals surface area contributed by atoms with Crippen molar-refractivity contribution in [3.63, 3.8) is 0 Å². The van der Waals surface area contributed by atoms with Crippen molar-refractivity contribution in [3.05, 3.63) is 76.1 Å². The average Bonchev–Trinajstić information content (AvgIpc) is 2.49. The van der Waals surface area contributed by atoms with Gasteiger partial charge in [0.25, 0.3) is 0 Å². The fourth-order valence-corrected chi connectivity index (χ4v) is 2.35. The predicted molar refractivity (Wildman–Crippen MR) is 78.3 cm³/mol. The number of hydrogen-bond donors (Lipinski definition) is 0. The molecule has 0 spiro atoms. The highest BCUT2D eigenvalue weighted by molar-refractivity contribution is 5.84. The molecule has 0 saturated carbocycles. The van der Waals surface area contributed by atoms with Gasteiger partial charge in [-0.15, -0.1) is 0 Å². The lowest BCUT2D eigenvalue weighted by atomic mass is 10.0. The monoisotopic (exact) mass is 266 g/mol.